The van der Waals surface area contributed by atoms with Crippen LogP contribution >= 0.6 is 0 Å². The van der Waals surface area contributed by atoms with Crippen molar-refractivity contribution in [3.63, 3.8) is 0 Å². The van der Waals surface area contributed by atoms with Gasteiger partial charge in [0, 0.05) is 42.2 Å². The van der Waals surface area contributed by atoms with E-state index in [1.165, 1.54) is 18.2 Å². The molecule has 5 nitrogen and oxygen atoms in total. The van der Waals surface area contributed by atoms with Crippen LogP contribution in [0.5, 0.6) is 0 Å². The van der Waals surface area contributed by atoms with Gasteiger partial charge >= 0.3 is 0 Å². The minimum absolute atomic E-state index is 0.327. The number of anilines is 1. The van der Waals surface area contributed by atoms with Crippen LogP contribution in [0.15, 0.2) is 30.6 Å². The number of benzene rings is 1. The molecule has 0 atom stereocenters. The SMILES string of the molecule is O=Cc1ccc(F)c(-c2cnc(N3CCOCC3)nc2)c1. The Morgan fingerprint density at radius 2 is 1.90 bits per heavy atom. The van der Waals surface area contributed by atoms with Crippen molar-refractivity contribution >= 4 is 12.2 Å². The predicted molar refractivity (Wildman–Crippen MR) is 75.8 cm³/mol. The van der Waals surface area contributed by atoms with Gasteiger partial charge in [0.2, 0.25) is 5.95 Å². The van der Waals surface area contributed by atoms with Gasteiger partial charge in [0.15, 0.2) is 0 Å². The van der Waals surface area contributed by atoms with E-state index in [1.807, 2.05) is 4.90 Å². The maximum atomic E-state index is 13.8. The summed E-state index contributed by atoms with van der Waals surface area (Å²) in [6, 6.07) is 4.21. The molecule has 0 saturated carbocycles. The highest BCUT2D eigenvalue weighted by atomic mass is 19.1. The average molecular weight is 287 g/mol. The molecular weight excluding hydrogens is 273 g/mol. The number of halogens is 1. The highest BCUT2D eigenvalue weighted by Gasteiger charge is 2.14. The molecule has 0 N–H and O–H groups in total. The lowest BCUT2D eigenvalue weighted by atomic mass is 10.1. The summed E-state index contributed by atoms with van der Waals surface area (Å²) in [5.74, 6) is 0.206. The second-order valence-corrected chi connectivity index (χ2v) is 4.73. The first kappa shape index (κ1) is 13.6. The monoisotopic (exact) mass is 287 g/mol. The highest BCUT2D eigenvalue weighted by molar-refractivity contribution is 5.78. The number of hydrogen-bond donors (Lipinski definition) is 0. The second-order valence-electron chi connectivity index (χ2n) is 4.73. The van der Waals surface area contributed by atoms with Gasteiger partial charge < -0.3 is 9.64 Å². The van der Waals surface area contributed by atoms with Crippen molar-refractivity contribution in [1.29, 1.82) is 0 Å². The molecule has 1 aliphatic rings. The average Bonchev–Trinajstić information content (AvgIpc) is 2.56. The van der Waals surface area contributed by atoms with E-state index in [0.29, 0.717) is 42.1 Å². The van der Waals surface area contributed by atoms with Crippen LogP contribution in [0.3, 0.4) is 0 Å². The van der Waals surface area contributed by atoms with Crippen LogP contribution in [0.4, 0.5) is 10.3 Å². The van der Waals surface area contributed by atoms with Gasteiger partial charge in [-0.05, 0) is 18.2 Å². The summed E-state index contributed by atoms with van der Waals surface area (Å²) in [4.78, 5) is 21.4. The van der Waals surface area contributed by atoms with Crippen LogP contribution in [-0.2, 0) is 4.74 Å². The quantitative estimate of drug-likeness (QED) is 0.807. The molecule has 2 aromatic rings. The molecule has 21 heavy (non-hydrogen) atoms. The van der Waals surface area contributed by atoms with E-state index >= 15 is 0 Å². The van der Waals surface area contributed by atoms with Gasteiger partial charge in [-0.2, -0.15) is 0 Å². The van der Waals surface area contributed by atoms with Crippen molar-refractivity contribution in [2.75, 3.05) is 31.2 Å². The molecule has 3 rings (SSSR count). The molecule has 0 amide bonds. The van der Waals surface area contributed by atoms with Gasteiger partial charge in [-0.3, -0.25) is 4.79 Å². The van der Waals surface area contributed by atoms with Crippen molar-refractivity contribution in [2.24, 2.45) is 0 Å². The maximum Gasteiger partial charge on any atom is 0.225 e. The lowest BCUT2D eigenvalue weighted by molar-refractivity contribution is 0.112. The number of rotatable bonds is 3. The first-order valence-corrected chi connectivity index (χ1v) is 6.68. The van der Waals surface area contributed by atoms with E-state index < -0.39 is 5.82 Å². The van der Waals surface area contributed by atoms with Crippen LogP contribution in [-0.4, -0.2) is 42.6 Å². The van der Waals surface area contributed by atoms with Crippen molar-refractivity contribution in [1.82, 2.24) is 9.97 Å². The number of hydrogen-bond acceptors (Lipinski definition) is 5. The van der Waals surface area contributed by atoms with Crippen LogP contribution in [0, 0.1) is 5.82 Å². The number of morpholine rings is 1. The van der Waals surface area contributed by atoms with Gasteiger partial charge in [0.1, 0.15) is 12.1 Å². The van der Waals surface area contributed by atoms with E-state index in [1.54, 1.807) is 12.4 Å². The molecule has 0 unspecified atom stereocenters. The number of carbonyl (C=O) groups excluding carboxylic acids is 1. The lowest BCUT2D eigenvalue weighted by Crippen LogP contribution is -2.37. The zero-order valence-corrected chi connectivity index (χ0v) is 11.3. The Hall–Kier alpha value is -2.34. The van der Waals surface area contributed by atoms with Crippen LogP contribution in [0.2, 0.25) is 0 Å². The largest absolute Gasteiger partial charge is 0.378 e. The van der Waals surface area contributed by atoms with Crippen molar-refractivity contribution in [3.05, 3.63) is 42.0 Å². The van der Waals surface area contributed by atoms with Crippen molar-refractivity contribution < 1.29 is 13.9 Å². The summed E-state index contributed by atoms with van der Waals surface area (Å²) in [7, 11) is 0. The maximum absolute atomic E-state index is 13.8. The third kappa shape index (κ3) is 2.90. The zero-order valence-electron chi connectivity index (χ0n) is 11.3. The Bertz CT molecular complexity index is 640. The summed E-state index contributed by atoms with van der Waals surface area (Å²) < 4.78 is 19.1. The Balaban J connectivity index is 1.88. The predicted octanol–water partition coefficient (Wildman–Crippen LogP) is 1.93. The van der Waals surface area contributed by atoms with E-state index in [2.05, 4.69) is 9.97 Å². The molecule has 108 valence electrons. The molecule has 1 aromatic carbocycles. The molecular formula is C15H14FN3O2. The molecule has 6 heteroatoms. The minimum atomic E-state index is -0.400. The first-order chi connectivity index (χ1) is 10.3. The Labute approximate surface area is 121 Å². The fourth-order valence-electron chi connectivity index (χ4n) is 2.22. The summed E-state index contributed by atoms with van der Waals surface area (Å²) in [6.45, 7) is 2.80. The summed E-state index contributed by atoms with van der Waals surface area (Å²) in [5.41, 5.74) is 1.30. The third-order valence-electron chi connectivity index (χ3n) is 3.37. The number of nitrogens with zero attached hydrogens (tertiary/aromatic N) is 3. The number of aromatic nitrogens is 2. The summed E-state index contributed by atoms with van der Waals surface area (Å²) in [5, 5.41) is 0. The number of ether oxygens (including phenoxy) is 1. The lowest BCUT2D eigenvalue weighted by Gasteiger charge is -2.26. The third-order valence-corrected chi connectivity index (χ3v) is 3.37. The Kier molecular flexibility index (Phi) is 3.87. The zero-order chi connectivity index (χ0) is 14.7. The molecule has 1 aliphatic heterocycles. The second kappa shape index (κ2) is 5.97. The van der Waals surface area contributed by atoms with E-state index in [4.69, 9.17) is 4.74 Å². The fraction of sp³-hybridized carbons (Fsp3) is 0.267. The van der Waals surface area contributed by atoms with Crippen LogP contribution in [0.25, 0.3) is 11.1 Å². The molecule has 0 radical (unpaired) electrons. The van der Waals surface area contributed by atoms with Gasteiger partial charge in [-0.25, -0.2) is 14.4 Å². The molecule has 1 aromatic heterocycles. The van der Waals surface area contributed by atoms with Crippen molar-refractivity contribution in [2.45, 2.75) is 0 Å². The van der Waals surface area contributed by atoms with Gasteiger partial charge in [0.05, 0.1) is 13.2 Å². The fourth-order valence-corrected chi connectivity index (χ4v) is 2.22. The first-order valence-electron chi connectivity index (χ1n) is 6.68. The summed E-state index contributed by atoms with van der Waals surface area (Å²) in [6.07, 6.45) is 3.83. The molecule has 1 saturated heterocycles. The van der Waals surface area contributed by atoms with Crippen LogP contribution < -0.4 is 4.90 Å². The van der Waals surface area contributed by atoms with Crippen LogP contribution in [0.1, 0.15) is 10.4 Å². The number of carbonyl (C=O) groups is 1. The normalized spacial score (nSPS) is 15.0. The smallest absolute Gasteiger partial charge is 0.225 e. The molecule has 0 aliphatic carbocycles. The van der Waals surface area contributed by atoms with Gasteiger partial charge in [-0.15, -0.1) is 0 Å². The standard InChI is InChI=1S/C15H14FN3O2/c16-14-2-1-11(10-20)7-13(14)12-8-17-15(18-9-12)19-3-5-21-6-4-19/h1-2,7-10H,3-6H2. The Morgan fingerprint density at radius 3 is 2.57 bits per heavy atom. The van der Waals surface area contributed by atoms with E-state index in [-0.39, 0.29) is 0 Å². The minimum Gasteiger partial charge on any atom is -0.378 e. The molecule has 0 bridgehead atoms. The number of aldehydes is 1. The van der Waals surface area contributed by atoms with Gasteiger partial charge in [-0.1, -0.05) is 0 Å². The molecule has 2 heterocycles. The van der Waals surface area contributed by atoms with Gasteiger partial charge in [0.25, 0.3) is 0 Å². The topological polar surface area (TPSA) is 55.3 Å². The molecule has 1 fully saturated rings. The van der Waals surface area contributed by atoms with E-state index in [0.717, 1.165) is 13.1 Å². The van der Waals surface area contributed by atoms with E-state index in [9.17, 15) is 9.18 Å². The molecule has 0 spiro atoms. The highest BCUT2D eigenvalue weighted by Crippen LogP contribution is 2.23. The van der Waals surface area contributed by atoms with Crippen molar-refractivity contribution in [3.8, 4) is 11.1 Å². The Morgan fingerprint density at radius 1 is 1.19 bits per heavy atom. The summed E-state index contributed by atoms with van der Waals surface area (Å²) >= 11 is 0.